The third-order valence-electron chi connectivity index (χ3n) is 3.30. The van der Waals surface area contributed by atoms with Crippen LogP contribution in [0, 0.1) is 11.6 Å². The third-order valence-corrected chi connectivity index (χ3v) is 3.30. The standard InChI is InChI=1S/C16H22F2N2O3/c1-3-8-19-14(21)6-7-15(22)20-10(2)16(23)11-4-5-12(17)13(18)9-11/h4-5,9-10,16,23H,3,6-8H2,1-2H3,(H,19,21)(H,20,22). The van der Waals surface area contributed by atoms with Gasteiger partial charge in [0.15, 0.2) is 11.6 Å². The molecule has 5 nitrogen and oxygen atoms in total. The Morgan fingerprint density at radius 1 is 1.17 bits per heavy atom. The second-order valence-corrected chi connectivity index (χ2v) is 5.32. The van der Waals surface area contributed by atoms with Crippen LogP contribution in [0.5, 0.6) is 0 Å². The van der Waals surface area contributed by atoms with Gasteiger partial charge < -0.3 is 15.7 Å². The van der Waals surface area contributed by atoms with Crippen LogP contribution in [0.4, 0.5) is 8.78 Å². The first kappa shape index (κ1) is 19.0. The van der Waals surface area contributed by atoms with E-state index in [4.69, 9.17) is 0 Å². The first-order valence-corrected chi connectivity index (χ1v) is 7.54. The molecule has 1 aromatic rings. The van der Waals surface area contributed by atoms with Crippen LogP contribution in [0.1, 0.15) is 44.8 Å². The molecule has 1 rings (SSSR count). The largest absolute Gasteiger partial charge is 0.386 e. The number of aliphatic hydroxyl groups excluding tert-OH is 1. The van der Waals surface area contributed by atoms with Crippen LogP contribution in [-0.2, 0) is 9.59 Å². The first-order chi connectivity index (χ1) is 10.8. The van der Waals surface area contributed by atoms with Gasteiger partial charge in [-0.1, -0.05) is 13.0 Å². The van der Waals surface area contributed by atoms with E-state index in [0.29, 0.717) is 6.54 Å². The molecule has 0 heterocycles. The second-order valence-electron chi connectivity index (χ2n) is 5.32. The fraction of sp³-hybridized carbons (Fsp3) is 0.500. The molecule has 0 fully saturated rings. The molecule has 0 aliphatic heterocycles. The number of hydrogen-bond acceptors (Lipinski definition) is 3. The minimum Gasteiger partial charge on any atom is -0.386 e. The lowest BCUT2D eigenvalue weighted by Crippen LogP contribution is -2.37. The van der Waals surface area contributed by atoms with E-state index in [9.17, 15) is 23.5 Å². The molecular formula is C16H22F2N2O3. The summed E-state index contributed by atoms with van der Waals surface area (Å²) in [5.41, 5.74) is 0.164. The molecule has 0 radical (unpaired) electrons. The number of amides is 2. The summed E-state index contributed by atoms with van der Waals surface area (Å²) in [6.07, 6.45) is -0.317. The van der Waals surface area contributed by atoms with E-state index in [-0.39, 0.29) is 24.3 Å². The fourth-order valence-electron chi connectivity index (χ4n) is 1.97. The third kappa shape index (κ3) is 6.32. The highest BCUT2D eigenvalue weighted by molar-refractivity contribution is 5.83. The lowest BCUT2D eigenvalue weighted by atomic mass is 10.0. The number of carbonyl (C=O) groups is 2. The first-order valence-electron chi connectivity index (χ1n) is 7.54. The maximum Gasteiger partial charge on any atom is 0.220 e. The van der Waals surface area contributed by atoms with E-state index in [1.54, 1.807) is 6.92 Å². The van der Waals surface area contributed by atoms with Crippen molar-refractivity contribution in [3.8, 4) is 0 Å². The van der Waals surface area contributed by atoms with Gasteiger partial charge in [-0.25, -0.2) is 8.78 Å². The van der Waals surface area contributed by atoms with Crippen LogP contribution in [0.25, 0.3) is 0 Å². The Balaban J connectivity index is 2.47. The van der Waals surface area contributed by atoms with Crippen molar-refractivity contribution >= 4 is 11.8 Å². The molecule has 0 aromatic heterocycles. The SMILES string of the molecule is CCCNC(=O)CCC(=O)NC(C)C(O)c1ccc(F)c(F)c1. The van der Waals surface area contributed by atoms with Crippen molar-refractivity contribution in [3.05, 3.63) is 35.4 Å². The van der Waals surface area contributed by atoms with Crippen molar-refractivity contribution in [1.82, 2.24) is 10.6 Å². The van der Waals surface area contributed by atoms with Crippen LogP contribution in [0.2, 0.25) is 0 Å². The highest BCUT2D eigenvalue weighted by atomic mass is 19.2. The minimum atomic E-state index is -1.18. The molecule has 2 atom stereocenters. The van der Waals surface area contributed by atoms with Gasteiger partial charge in [-0.2, -0.15) is 0 Å². The molecular weight excluding hydrogens is 306 g/mol. The maximum absolute atomic E-state index is 13.2. The van der Waals surface area contributed by atoms with E-state index in [1.165, 1.54) is 6.07 Å². The zero-order valence-electron chi connectivity index (χ0n) is 13.2. The van der Waals surface area contributed by atoms with E-state index >= 15 is 0 Å². The molecule has 0 aliphatic rings. The second kappa shape index (κ2) is 9.19. The predicted octanol–water partition coefficient (Wildman–Crippen LogP) is 1.81. The molecule has 128 valence electrons. The summed E-state index contributed by atoms with van der Waals surface area (Å²) in [4.78, 5) is 23.2. The Hall–Kier alpha value is -2.02. The van der Waals surface area contributed by atoms with Gasteiger partial charge in [0.1, 0.15) is 0 Å². The summed E-state index contributed by atoms with van der Waals surface area (Å²) < 4.78 is 26.0. The molecule has 0 saturated heterocycles. The zero-order valence-corrected chi connectivity index (χ0v) is 13.2. The van der Waals surface area contributed by atoms with Crippen LogP contribution in [0.15, 0.2) is 18.2 Å². The van der Waals surface area contributed by atoms with Crippen molar-refractivity contribution in [2.24, 2.45) is 0 Å². The van der Waals surface area contributed by atoms with Gasteiger partial charge in [0.2, 0.25) is 11.8 Å². The highest BCUT2D eigenvalue weighted by Crippen LogP contribution is 2.19. The fourth-order valence-corrected chi connectivity index (χ4v) is 1.97. The lowest BCUT2D eigenvalue weighted by Gasteiger charge is -2.20. The quantitative estimate of drug-likeness (QED) is 0.681. The summed E-state index contributed by atoms with van der Waals surface area (Å²) in [5.74, 6) is -2.68. The zero-order chi connectivity index (χ0) is 17.4. The highest BCUT2D eigenvalue weighted by Gasteiger charge is 2.20. The van der Waals surface area contributed by atoms with Gasteiger partial charge in [-0.05, 0) is 31.0 Å². The molecule has 0 bridgehead atoms. The molecule has 0 aliphatic carbocycles. The van der Waals surface area contributed by atoms with Crippen LogP contribution in [-0.4, -0.2) is 29.5 Å². The number of hydrogen-bond donors (Lipinski definition) is 3. The van der Waals surface area contributed by atoms with E-state index in [1.807, 2.05) is 6.92 Å². The number of aliphatic hydroxyl groups is 1. The summed E-state index contributed by atoms with van der Waals surface area (Å²) >= 11 is 0. The van der Waals surface area contributed by atoms with Gasteiger partial charge >= 0.3 is 0 Å². The molecule has 2 unspecified atom stereocenters. The van der Waals surface area contributed by atoms with Crippen molar-refractivity contribution in [3.63, 3.8) is 0 Å². The van der Waals surface area contributed by atoms with Gasteiger partial charge in [0, 0.05) is 19.4 Å². The summed E-state index contributed by atoms with van der Waals surface area (Å²) in [6.45, 7) is 4.03. The Morgan fingerprint density at radius 2 is 1.83 bits per heavy atom. The summed E-state index contributed by atoms with van der Waals surface area (Å²) in [5, 5.41) is 15.3. The molecule has 7 heteroatoms. The van der Waals surface area contributed by atoms with Gasteiger partial charge in [-0.3, -0.25) is 9.59 Å². The van der Waals surface area contributed by atoms with Gasteiger partial charge in [0.25, 0.3) is 0 Å². The molecule has 23 heavy (non-hydrogen) atoms. The van der Waals surface area contributed by atoms with Gasteiger partial charge in [0.05, 0.1) is 12.1 Å². The predicted molar refractivity (Wildman–Crippen MR) is 81.5 cm³/mol. The molecule has 1 aromatic carbocycles. The Labute approximate surface area is 134 Å². The minimum absolute atomic E-state index is 0.00954. The number of carbonyl (C=O) groups excluding carboxylic acids is 2. The average Bonchev–Trinajstić information content (AvgIpc) is 2.52. The van der Waals surface area contributed by atoms with Gasteiger partial charge in [-0.15, -0.1) is 0 Å². The Bertz CT molecular complexity index is 552. The van der Waals surface area contributed by atoms with Crippen LogP contribution < -0.4 is 10.6 Å². The maximum atomic E-state index is 13.2. The van der Waals surface area contributed by atoms with Crippen LogP contribution >= 0.6 is 0 Å². The normalized spacial score (nSPS) is 13.3. The van der Waals surface area contributed by atoms with E-state index in [2.05, 4.69) is 10.6 Å². The number of benzene rings is 1. The topological polar surface area (TPSA) is 78.4 Å². The van der Waals surface area contributed by atoms with E-state index < -0.39 is 29.7 Å². The van der Waals surface area contributed by atoms with Crippen molar-refractivity contribution in [1.29, 1.82) is 0 Å². The summed E-state index contributed by atoms with van der Waals surface area (Å²) in [7, 11) is 0. The number of rotatable bonds is 8. The molecule has 3 N–H and O–H groups in total. The molecule has 0 saturated carbocycles. The lowest BCUT2D eigenvalue weighted by molar-refractivity contribution is -0.127. The number of nitrogens with one attached hydrogen (secondary N) is 2. The van der Waals surface area contributed by atoms with Crippen molar-refractivity contribution < 1.29 is 23.5 Å². The van der Waals surface area contributed by atoms with E-state index in [0.717, 1.165) is 18.6 Å². The van der Waals surface area contributed by atoms with Crippen LogP contribution in [0.3, 0.4) is 0 Å². The average molecular weight is 328 g/mol. The Kier molecular flexibility index (Phi) is 7.61. The van der Waals surface area contributed by atoms with Crippen molar-refractivity contribution in [2.45, 2.75) is 45.3 Å². The smallest absolute Gasteiger partial charge is 0.220 e. The Morgan fingerprint density at radius 3 is 2.43 bits per heavy atom. The van der Waals surface area contributed by atoms with Crippen molar-refractivity contribution in [2.75, 3.05) is 6.54 Å². The number of halogens is 2. The summed E-state index contributed by atoms with van der Waals surface area (Å²) in [6, 6.07) is 2.36. The molecule has 0 spiro atoms. The molecule has 2 amide bonds. The monoisotopic (exact) mass is 328 g/mol.